The van der Waals surface area contributed by atoms with Crippen molar-refractivity contribution in [2.24, 2.45) is 5.73 Å². The highest BCUT2D eigenvalue weighted by Crippen LogP contribution is 2.66. The Balaban J connectivity index is 1.57. The molecule has 2 aliphatic heterocycles. The molecule has 1 aromatic carbocycles. The van der Waals surface area contributed by atoms with Crippen LogP contribution in [0.1, 0.15) is 52.4 Å². The van der Waals surface area contributed by atoms with Gasteiger partial charge in [-0.2, -0.15) is 10.6 Å². The molecule has 3 aromatic rings. The van der Waals surface area contributed by atoms with Gasteiger partial charge in [0.05, 0.1) is 11.1 Å². The zero-order valence-corrected chi connectivity index (χ0v) is 19.4. The minimum Gasteiger partial charge on any atom is -0.366 e. The van der Waals surface area contributed by atoms with Gasteiger partial charge in [0, 0.05) is 33.5 Å². The number of fused-ring (bicyclic) bond motifs is 3. The van der Waals surface area contributed by atoms with Gasteiger partial charge in [-0.25, -0.2) is 0 Å². The number of benzene rings is 1. The summed E-state index contributed by atoms with van der Waals surface area (Å²) in [7, 11) is 1.63. The first-order valence-corrected chi connectivity index (χ1v) is 13.2. The van der Waals surface area contributed by atoms with Crippen molar-refractivity contribution in [2.75, 3.05) is 14.1 Å². The fourth-order valence-corrected chi connectivity index (χ4v) is 8.92. The predicted molar refractivity (Wildman–Crippen MR) is 129 cm³/mol. The van der Waals surface area contributed by atoms with E-state index in [1.807, 2.05) is 12.3 Å². The van der Waals surface area contributed by atoms with E-state index in [1.54, 1.807) is 11.3 Å². The number of rotatable bonds is 5. The summed E-state index contributed by atoms with van der Waals surface area (Å²) >= 11 is 1.72. The van der Waals surface area contributed by atoms with Crippen LogP contribution in [0.5, 0.6) is 0 Å². The highest BCUT2D eigenvalue weighted by molar-refractivity contribution is 8.25. The fourth-order valence-electron chi connectivity index (χ4n) is 5.37. The number of hydrogen-bond donors (Lipinski definition) is 4. The molecule has 6 nitrogen and oxygen atoms in total. The van der Waals surface area contributed by atoms with Crippen LogP contribution in [-0.4, -0.2) is 49.5 Å². The van der Waals surface area contributed by atoms with Crippen LogP contribution in [0.3, 0.4) is 0 Å². The Labute approximate surface area is 187 Å². The van der Waals surface area contributed by atoms with Crippen LogP contribution in [0.25, 0.3) is 22.0 Å². The normalized spacial score (nSPS) is 25.9. The van der Waals surface area contributed by atoms with Gasteiger partial charge in [0.1, 0.15) is 0 Å². The Morgan fingerprint density at radius 2 is 1.90 bits per heavy atom. The molecule has 31 heavy (non-hydrogen) atoms. The molecule has 5 N–H and O–H groups in total. The van der Waals surface area contributed by atoms with Gasteiger partial charge in [-0.1, -0.05) is 0 Å². The van der Waals surface area contributed by atoms with Crippen LogP contribution in [0.2, 0.25) is 0 Å². The van der Waals surface area contributed by atoms with Gasteiger partial charge >= 0.3 is 0 Å². The SMILES string of the molecule is CN(C)Cc1cc(-c2cc(C(N)=O)c3[nH]cc([C@@H]4C[C@H]5CC[C@@H](C4)S5(O)O)c3c2)cs1. The first-order chi connectivity index (χ1) is 14.7. The van der Waals surface area contributed by atoms with E-state index in [0.717, 1.165) is 59.8 Å². The predicted octanol–water partition coefficient (Wildman–Crippen LogP) is 5.22. The van der Waals surface area contributed by atoms with Crippen molar-refractivity contribution < 1.29 is 13.9 Å². The molecule has 0 unspecified atom stereocenters. The lowest BCUT2D eigenvalue weighted by molar-refractivity contribution is 0.100. The van der Waals surface area contributed by atoms with Crippen LogP contribution in [0.4, 0.5) is 0 Å². The minimum atomic E-state index is -2.47. The molecule has 0 spiro atoms. The van der Waals surface area contributed by atoms with E-state index in [2.05, 4.69) is 41.5 Å². The molecule has 5 rings (SSSR count). The van der Waals surface area contributed by atoms with Crippen molar-refractivity contribution in [3.05, 3.63) is 45.8 Å². The lowest BCUT2D eigenvalue weighted by Crippen LogP contribution is -2.28. The van der Waals surface area contributed by atoms with Crippen LogP contribution < -0.4 is 5.73 Å². The zero-order chi connectivity index (χ0) is 21.9. The van der Waals surface area contributed by atoms with E-state index in [4.69, 9.17) is 5.73 Å². The summed E-state index contributed by atoms with van der Waals surface area (Å²) in [5.74, 6) is -0.184. The largest absolute Gasteiger partial charge is 0.366 e. The topological polar surface area (TPSA) is 103 Å². The van der Waals surface area contributed by atoms with E-state index in [9.17, 15) is 13.9 Å². The van der Waals surface area contributed by atoms with E-state index in [-0.39, 0.29) is 16.4 Å². The van der Waals surface area contributed by atoms with E-state index >= 15 is 0 Å². The molecule has 2 aromatic heterocycles. The van der Waals surface area contributed by atoms with E-state index in [1.165, 1.54) is 4.88 Å². The average molecular weight is 460 g/mol. The molecular weight excluding hydrogens is 430 g/mol. The maximum Gasteiger partial charge on any atom is 0.250 e. The molecular formula is C23H29N3O3S2. The first kappa shape index (κ1) is 21.0. The molecule has 2 fully saturated rings. The van der Waals surface area contributed by atoms with Crippen LogP contribution >= 0.6 is 21.9 Å². The van der Waals surface area contributed by atoms with Crippen molar-refractivity contribution in [1.82, 2.24) is 9.88 Å². The second-order valence-electron chi connectivity index (χ2n) is 9.22. The second-order valence-corrected chi connectivity index (χ2v) is 12.8. The Hall–Kier alpha value is -1.84. The quantitative estimate of drug-likeness (QED) is 0.420. The molecule has 4 heterocycles. The van der Waals surface area contributed by atoms with Gasteiger partial charge in [0.15, 0.2) is 0 Å². The molecule has 8 heteroatoms. The number of hydrogen-bond acceptors (Lipinski definition) is 5. The lowest BCUT2D eigenvalue weighted by Gasteiger charge is -2.46. The number of nitrogens with zero attached hydrogens (tertiary/aromatic N) is 1. The van der Waals surface area contributed by atoms with E-state index in [0.29, 0.717) is 5.56 Å². The number of aromatic amines is 1. The summed E-state index contributed by atoms with van der Waals surface area (Å²) in [6.07, 6.45) is 5.36. The third kappa shape index (κ3) is 3.60. The maximum absolute atomic E-state index is 12.3. The third-order valence-corrected chi connectivity index (χ3v) is 10.6. The molecule has 166 valence electrons. The number of thiophene rings is 1. The first-order valence-electron chi connectivity index (χ1n) is 10.7. The Kier molecular flexibility index (Phi) is 5.18. The summed E-state index contributed by atoms with van der Waals surface area (Å²) in [5, 5.41) is 3.14. The standard InChI is InChI=1S/C23H29N3O3S2/c1-26(2)11-16-5-15(12-30-16)13-8-19-21(10-25-22(19)20(9-13)23(24)27)14-6-17-3-4-18(7-14)31(17,28)29/h5,8-10,12,14,17-18,25,28-29H,3-4,6-7,11H2,1-2H3,(H2,24,27)/t14-,17-,18+. The van der Waals surface area contributed by atoms with Crippen molar-refractivity contribution >= 4 is 38.7 Å². The maximum atomic E-state index is 12.3. The summed E-state index contributed by atoms with van der Waals surface area (Å²) in [6, 6.07) is 6.22. The van der Waals surface area contributed by atoms with Crippen molar-refractivity contribution in [3.63, 3.8) is 0 Å². The summed E-state index contributed by atoms with van der Waals surface area (Å²) in [4.78, 5) is 19.0. The third-order valence-electron chi connectivity index (χ3n) is 6.87. The molecule has 0 saturated carbocycles. The second kappa shape index (κ2) is 7.64. The summed E-state index contributed by atoms with van der Waals surface area (Å²) in [5.41, 5.74) is 10.3. The highest BCUT2D eigenvalue weighted by atomic mass is 32.3. The lowest BCUT2D eigenvalue weighted by atomic mass is 9.89. The number of nitrogens with two attached hydrogens (primary N) is 1. The average Bonchev–Trinajstić information content (AvgIpc) is 3.34. The Morgan fingerprint density at radius 1 is 1.19 bits per heavy atom. The molecule has 0 radical (unpaired) electrons. The Morgan fingerprint density at radius 3 is 2.55 bits per heavy atom. The fraction of sp³-hybridized carbons (Fsp3) is 0.435. The van der Waals surface area contributed by atoms with Crippen molar-refractivity contribution in [2.45, 2.75) is 48.6 Å². The molecule has 2 bridgehead atoms. The van der Waals surface area contributed by atoms with Gasteiger partial charge in [-0.15, -0.1) is 11.3 Å². The molecule has 2 aliphatic rings. The summed E-state index contributed by atoms with van der Waals surface area (Å²) < 4.78 is 21.1. The van der Waals surface area contributed by atoms with Crippen molar-refractivity contribution in [3.8, 4) is 11.1 Å². The minimum absolute atomic E-state index is 0.00883. The number of primary amides is 1. The van der Waals surface area contributed by atoms with Gasteiger partial charge in [0.25, 0.3) is 5.91 Å². The van der Waals surface area contributed by atoms with Gasteiger partial charge in [-0.05, 0) is 86.0 Å². The highest BCUT2D eigenvalue weighted by Gasteiger charge is 2.47. The molecule has 2 saturated heterocycles. The number of aromatic nitrogens is 1. The molecule has 1 amide bonds. The monoisotopic (exact) mass is 459 g/mol. The number of H-pyrrole nitrogens is 1. The zero-order valence-electron chi connectivity index (χ0n) is 17.8. The molecule has 3 atom stereocenters. The summed E-state index contributed by atoms with van der Waals surface area (Å²) in [6.45, 7) is 0.877. The van der Waals surface area contributed by atoms with Crippen molar-refractivity contribution in [1.29, 1.82) is 0 Å². The van der Waals surface area contributed by atoms with E-state index < -0.39 is 16.5 Å². The molecule has 0 aliphatic carbocycles. The number of amides is 1. The number of carbonyl (C=O) groups excluding carboxylic acids is 1. The smallest absolute Gasteiger partial charge is 0.250 e. The van der Waals surface area contributed by atoms with Gasteiger partial charge < -0.3 is 15.6 Å². The number of carbonyl (C=O) groups is 1. The Bertz CT molecular complexity index is 1130. The van der Waals surface area contributed by atoms with Gasteiger partial charge in [0.2, 0.25) is 0 Å². The van der Waals surface area contributed by atoms with Gasteiger partial charge in [-0.3, -0.25) is 13.9 Å². The van der Waals surface area contributed by atoms with Crippen LogP contribution in [-0.2, 0) is 6.54 Å². The number of nitrogens with one attached hydrogen (secondary N) is 1. The van der Waals surface area contributed by atoms with Crippen LogP contribution in [0.15, 0.2) is 29.8 Å². The van der Waals surface area contributed by atoms with Crippen LogP contribution in [0, 0.1) is 0 Å².